The molecule has 1 unspecified atom stereocenters. The van der Waals surface area contributed by atoms with Crippen LogP contribution in [0.2, 0.25) is 0 Å². The van der Waals surface area contributed by atoms with Crippen molar-refractivity contribution in [1.82, 2.24) is 4.67 Å². The van der Waals surface area contributed by atoms with Gasteiger partial charge < -0.3 is 9.42 Å². The second-order valence-corrected chi connectivity index (χ2v) is 20.1. The van der Waals surface area contributed by atoms with Gasteiger partial charge in [0.25, 0.3) is 0 Å². The summed E-state index contributed by atoms with van der Waals surface area (Å²) in [5.41, 5.74) is 0. The second kappa shape index (κ2) is 47.8. The fourth-order valence-electron chi connectivity index (χ4n) is 8.64. The molecule has 1 N–H and O–H groups in total. The van der Waals surface area contributed by atoms with Gasteiger partial charge in [0.1, 0.15) is 0 Å². The summed E-state index contributed by atoms with van der Waals surface area (Å²) in [5.74, 6) is 0. The third-order valence-corrected chi connectivity index (χ3v) is 14.2. The molecule has 0 heterocycles. The van der Waals surface area contributed by atoms with Gasteiger partial charge in [-0.25, -0.2) is 9.24 Å². The van der Waals surface area contributed by atoms with Crippen LogP contribution >= 0.6 is 7.75 Å². The Kier molecular flexibility index (Phi) is 47.9. The Hall–Kier alpha value is 0.110. The van der Waals surface area contributed by atoms with E-state index in [1.165, 1.54) is 277 Å². The largest absolute Gasteiger partial charge is 0.405 e. The molecule has 0 aromatic rings. The van der Waals surface area contributed by atoms with Gasteiger partial charge in [-0.2, -0.15) is 0 Å². The molecular weight excluding hydrogens is 706 g/mol. The average molecular weight is 812 g/mol. The molecule has 0 fully saturated rings. The van der Waals surface area contributed by atoms with Crippen molar-refractivity contribution in [3.63, 3.8) is 0 Å². The Morgan fingerprint density at radius 3 is 0.589 bits per heavy atom. The highest BCUT2D eigenvalue weighted by Crippen LogP contribution is 2.45. The molecule has 0 rings (SSSR count). The standard InChI is InChI=1S/C51H106NO3P/c1-4-6-8-10-12-14-16-18-20-22-24-26-28-30-32-34-36-38-40-42-44-46-48-50-52(56(53,54)55-3)51-49-47-45-43-41-39-37-35-33-31-29-27-25-23-21-19-17-15-13-11-9-7-5-2/h4-51H2,1-3H3,(H,53,54). The summed E-state index contributed by atoms with van der Waals surface area (Å²) in [6, 6.07) is 0. The molecule has 4 nitrogen and oxygen atoms in total. The molecule has 0 spiro atoms. The van der Waals surface area contributed by atoms with Crippen molar-refractivity contribution in [2.24, 2.45) is 0 Å². The minimum Gasteiger partial charge on any atom is -0.312 e. The van der Waals surface area contributed by atoms with Gasteiger partial charge in [-0.15, -0.1) is 0 Å². The first-order chi connectivity index (χ1) is 27.6. The van der Waals surface area contributed by atoms with Gasteiger partial charge in [0.15, 0.2) is 0 Å². The van der Waals surface area contributed by atoms with Gasteiger partial charge in [0.05, 0.1) is 0 Å². The van der Waals surface area contributed by atoms with E-state index in [1.54, 1.807) is 4.67 Å². The molecule has 0 aliphatic heterocycles. The van der Waals surface area contributed by atoms with Crippen LogP contribution in [0, 0.1) is 0 Å². The van der Waals surface area contributed by atoms with Crippen molar-refractivity contribution in [3.05, 3.63) is 0 Å². The molecule has 0 aliphatic carbocycles. The minimum atomic E-state index is -3.65. The molecular formula is C51H106NO3P. The van der Waals surface area contributed by atoms with Gasteiger partial charge in [0, 0.05) is 20.2 Å². The summed E-state index contributed by atoms with van der Waals surface area (Å²) in [6.45, 7) is 5.96. The molecule has 0 saturated carbocycles. The zero-order valence-electron chi connectivity index (χ0n) is 39.1. The maximum atomic E-state index is 12.7. The summed E-state index contributed by atoms with van der Waals surface area (Å²) in [4.78, 5) is 10.4. The fraction of sp³-hybridized carbons (Fsp3) is 1.00. The van der Waals surface area contributed by atoms with E-state index < -0.39 is 7.75 Å². The molecule has 56 heavy (non-hydrogen) atoms. The van der Waals surface area contributed by atoms with Crippen LogP contribution in [-0.4, -0.2) is 29.8 Å². The summed E-state index contributed by atoms with van der Waals surface area (Å²) in [5, 5.41) is 0. The van der Waals surface area contributed by atoms with E-state index in [0.29, 0.717) is 13.1 Å². The molecule has 0 bridgehead atoms. The number of unbranched alkanes of at least 4 members (excludes halogenated alkanes) is 44. The normalized spacial score (nSPS) is 12.9. The van der Waals surface area contributed by atoms with Crippen molar-refractivity contribution in [2.45, 2.75) is 309 Å². The average Bonchev–Trinajstić information content (AvgIpc) is 3.20. The first kappa shape index (κ1) is 56.1. The molecule has 0 radical (unpaired) electrons. The van der Waals surface area contributed by atoms with Gasteiger partial charge in [-0.1, -0.05) is 296 Å². The molecule has 0 saturated heterocycles. The SMILES string of the molecule is CCCCCCCCCCCCCCCCCCCCCCCCCN(CCCCCCCCCCCCCCCCCCCCCCCCC)P(=O)(O)OC. The smallest absolute Gasteiger partial charge is 0.312 e. The van der Waals surface area contributed by atoms with Crippen molar-refractivity contribution in [3.8, 4) is 0 Å². The third-order valence-electron chi connectivity index (χ3n) is 12.6. The Bertz CT molecular complexity index is 713. The zero-order chi connectivity index (χ0) is 40.7. The predicted octanol–water partition coefficient (Wildman–Crippen LogP) is 19.0. The lowest BCUT2D eigenvalue weighted by Crippen LogP contribution is -2.23. The molecule has 0 aromatic carbocycles. The topological polar surface area (TPSA) is 49.8 Å². The summed E-state index contributed by atoms with van der Waals surface area (Å²) < 4.78 is 19.4. The van der Waals surface area contributed by atoms with Crippen LogP contribution in [0.25, 0.3) is 0 Å². The van der Waals surface area contributed by atoms with E-state index in [9.17, 15) is 9.46 Å². The molecule has 1 atom stereocenters. The van der Waals surface area contributed by atoms with E-state index >= 15 is 0 Å². The van der Waals surface area contributed by atoms with Crippen molar-refractivity contribution < 1.29 is 14.0 Å². The van der Waals surface area contributed by atoms with Gasteiger partial charge in [0.2, 0.25) is 0 Å². The van der Waals surface area contributed by atoms with Crippen LogP contribution in [0.3, 0.4) is 0 Å². The second-order valence-electron chi connectivity index (χ2n) is 18.2. The van der Waals surface area contributed by atoms with Crippen molar-refractivity contribution in [1.29, 1.82) is 0 Å². The van der Waals surface area contributed by atoms with E-state index in [1.807, 2.05) is 0 Å². The number of nitrogens with zero attached hydrogens (tertiary/aromatic N) is 1. The molecule has 338 valence electrons. The highest BCUT2D eigenvalue weighted by Gasteiger charge is 2.27. The molecule has 5 heteroatoms. The number of hydrogen-bond acceptors (Lipinski definition) is 2. The summed E-state index contributed by atoms with van der Waals surface area (Å²) in [6.07, 6.45) is 63.8. The third kappa shape index (κ3) is 43.7. The molecule has 0 aliphatic rings. The van der Waals surface area contributed by atoms with Gasteiger partial charge >= 0.3 is 7.75 Å². The first-order valence-corrected chi connectivity index (χ1v) is 27.8. The quantitative estimate of drug-likeness (QED) is 0.0491. The Balaban J connectivity index is 3.50. The van der Waals surface area contributed by atoms with E-state index in [4.69, 9.17) is 4.52 Å². The van der Waals surface area contributed by atoms with E-state index in [-0.39, 0.29) is 0 Å². The summed E-state index contributed by atoms with van der Waals surface area (Å²) >= 11 is 0. The van der Waals surface area contributed by atoms with Crippen molar-refractivity contribution >= 4 is 7.75 Å². The number of hydrogen-bond donors (Lipinski definition) is 1. The lowest BCUT2D eigenvalue weighted by atomic mass is 10.0. The van der Waals surface area contributed by atoms with Gasteiger partial charge in [-0.3, -0.25) is 0 Å². The Morgan fingerprint density at radius 1 is 0.304 bits per heavy atom. The highest BCUT2D eigenvalue weighted by molar-refractivity contribution is 7.50. The van der Waals surface area contributed by atoms with Crippen molar-refractivity contribution in [2.75, 3.05) is 20.2 Å². The van der Waals surface area contributed by atoms with E-state index in [0.717, 1.165) is 25.7 Å². The van der Waals surface area contributed by atoms with Gasteiger partial charge in [-0.05, 0) is 12.8 Å². The highest BCUT2D eigenvalue weighted by atomic mass is 31.2. The van der Waals surface area contributed by atoms with E-state index in [2.05, 4.69) is 13.8 Å². The van der Waals surface area contributed by atoms with Crippen LogP contribution in [-0.2, 0) is 9.09 Å². The number of rotatable bonds is 50. The molecule has 0 amide bonds. The van der Waals surface area contributed by atoms with Crippen LogP contribution in [0.4, 0.5) is 0 Å². The van der Waals surface area contributed by atoms with Crippen LogP contribution < -0.4 is 0 Å². The monoisotopic (exact) mass is 812 g/mol. The fourth-order valence-corrected chi connectivity index (χ4v) is 9.66. The predicted molar refractivity (Wildman–Crippen MR) is 252 cm³/mol. The maximum Gasteiger partial charge on any atom is 0.405 e. The lowest BCUT2D eigenvalue weighted by molar-refractivity contribution is 0.230. The van der Waals surface area contributed by atoms with Crippen LogP contribution in [0.1, 0.15) is 309 Å². The van der Waals surface area contributed by atoms with Crippen LogP contribution in [0.15, 0.2) is 0 Å². The van der Waals surface area contributed by atoms with Crippen LogP contribution in [0.5, 0.6) is 0 Å². The minimum absolute atomic E-state index is 0.681. The first-order valence-electron chi connectivity index (χ1n) is 26.2. The Labute approximate surface area is 354 Å². The molecule has 0 aromatic heterocycles. The lowest BCUT2D eigenvalue weighted by Gasteiger charge is -2.25. The zero-order valence-corrected chi connectivity index (χ0v) is 40.0. The maximum absolute atomic E-state index is 12.7. The summed E-state index contributed by atoms with van der Waals surface area (Å²) in [7, 11) is -2.26. The Morgan fingerprint density at radius 2 is 0.446 bits per heavy atom.